The van der Waals surface area contributed by atoms with Gasteiger partial charge in [-0.25, -0.2) is 0 Å². The molecule has 2 rings (SSSR count). The third-order valence-corrected chi connectivity index (χ3v) is 10.2. The van der Waals surface area contributed by atoms with Crippen molar-refractivity contribution in [3.63, 3.8) is 0 Å². The van der Waals surface area contributed by atoms with Crippen molar-refractivity contribution in [3.05, 3.63) is 8.96 Å². The first-order valence-corrected chi connectivity index (χ1v) is 8.18. The maximum Gasteiger partial charge on any atom is 0.208 e. The lowest BCUT2D eigenvalue weighted by atomic mass is 9.93. The van der Waals surface area contributed by atoms with Gasteiger partial charge in [0.1, 0.15) is 8.65 Å². The predicted octanol–water partition coefficient (Wildman–Crippen LogP) is 3.27. The molecule has 0 unspecified atom stereocenters. The third-order valence-electron chi connectivity index (χ3n) is 3.75. The summed E-state index contributed by atoms with van der Waals surface area (Å²) in [6.07, 6.45) is 0.714. The number of aliphatic hydroxyl groups excluding tert-OH is 1. The molecule has 2 aliphatic carbocycles. The van der Waals surface area contributed by atoms with Crippen molar-refractivity contribution in [1.29, 1.82) is 0 Å². The van der Waals surface area contributed by atoms with Crippen molar-refractivity contribution >= 4 is 63.7 Å². The summed E-state index contributed by atoms with van der Waals surface area (Å²) < 4.78 is 12.1. The molecule has 0 spiro atoms. The lowest BCUT2D eigenvalue weighted by molar-refractivity contribution is -0.213. The van der Waals surface area contributed by atoms with Gasteiger partial charge in [-0.05, 0) is 6.42 Å². The fraction of sp³-hybridized carbons (Fsp3) is 0.800. The fourth-order valence-electron chi connectivity index (χ4n) is 2.96. The van der Waals surface area contributed by atoms with Gasteiger partial charge in [0.15, 0.2) is 0 Å². The Morgan fingerprint density at radius 3 is 2.12 bits per heavy atom. The Labute approximate surface area is 134 Å². The van der Waals surface area contributed by atoms with Crippen molar-refractivity contribution in [2.24, 2.45) is 5.92 Å². The zero-order chi connectivity index (χ0) is 13.1. The van der Waals surface area contributed by atoms with Crippen LogP contribution in [0.1, 0.15) is 6.42 Å². The molecule has 0 aromatic heterocycles. The molecule has 0 radical (unpaired) electrons. The molecule has 3 nitrogen and oxygen atoms in total. The number of rotatable bonds is 3. The van der Waals surface area contributed by atoms with Gasteiger partial charge in [0.05, 0.1) is 0 Å². The molecule has 1 N–H and O–H groups in total. The normalized spacial score (nSPS) is 43.6. The minimum absolute atomic E-state index is 0.00236. The number of hydrogen-bond donors (Lipinski definition) is 1. The Morgan fingerprint density at radius 1 is 1.24 bits per heavy atom. The highest BCUT2D eigenvalue weighted by atomic mass is 79.9. The van der Waals surface area contributed by atoms with Crippen LogP contribution in [-0.2, 0) is 9.47 Å². The molecule has 0 aliphatic heterocycles. The zero-order valence-corrected chi connectivity index (χ0v) is 15.6. The monoisotopic (exact) mass is 496 g/mol. The minimum Gasteiger partial charge on any atom is -0.396 e. The summed E-state index contributed by atoms with van der Waals surface area (Å²) in [6, 6.07) is 0. The van der Waals surface area contributed by atoms with Crippen LogP contribution in [0.25, 0.3) is 0 Å². The molecule has 0 aromatic carbocycles. The van der Waals surface area contributed by atoms with E-state index in [1.807, 2.05) is 0 Å². The maximum absolute atomic E-state index is 9.57. The highest BCUT2D eigenvalue weighted by molar-refractivity contribution is 9.16. The van der Waals surface area contributed by atoms with Gasteiger partial charge >= 0.3 is 0 Å². The molecule has 2 aliphatic rings. The van der Waals surface area contributed by atoms with E-state index in [1.165, 1.54) is 0 Å². The SMILES string of the molecule is COC1(OC)[C@]2(Br)C[C@@H](CO)[C@@]1(Br)C(Br)=C2Br. The highest BCUT2D eigenvalue weighted by Gasteiger charge is 2.79. The van der Waals surface area contributed by atoms with Crippen LogP contribution < -0.4 is 0 Å². The molecule has 3 atom stereocenters. The maximum atomic E-state index is 9.57. The van der Waals surface area contributed by atoms with Gasteiger partial charge in [-0.2, -0.15) is 0 Å². The zero-order valence-electron chi connectivity index (χ0n) is 9.27. The topological polar surface area (TPSA) is 38.7 Å². The van der Waals surface area contributed by atoms with Gasteiger partial charge < -0.3 is 14.6 Å². The van der Waals surface area contributed by atoms with E-state index in [-0.39, 0.29) is 12.5 Å². The molecule has 7 heteroatoms. The Hall–Kier alpha value is 1.54. The largest absolute Gasteiger partial charge is 0.396 e. The van der Waals surface area contributed by atoms with Crippen molar-refractivity contribution in [1.82, 2.24) is 0 Å². The van der Waals surface area contributed by atoms with Crippen LogP contribution in [0.15, 0.2) is 8.96 Å². The summed E-state index contributed by atoms with van der Waals surface area (Å²) >= 11 is 14.6. The van der Waals surface area contributed by atoms with Gasteiger partial charge in [0.25, 0.3) is 0 Å². The molecule has 2 bridgehead atoms. The molecule has 1 saturated carbocycles. The van der Waals surface area contributed by atoms with E-state index in [9.17, 15) is 5.11 Å². The van der Waals surface area contributed by atoms with Crippen LogP contribution in [0.5, 0.6) is 0 Å². The predicted molar refractivity (Wildman–Crippen MR) is 80.1 cm³/mol. The summed E-state index contributed by atoms with van der Waals surface area (Å²) in [7, 11) is 3.22. The Morgan fingerprint density at radius 2 is 1.76 bits per heavy atom. The first kappa shape index (κ1) is 14.9. The van der Waals surface area contributed by atoms with Gasteiger partial charge in [0, 0.05) is 35.7 Å². The summed E-state index contributed by atoms with van der Waals surface area (Å²) in [5.74, 6) is -0.900. The summed E-state index contributed by atoms with van der Waals surface area (Å²) in [6.45, 7) is 0.0580. The average molecular weight is 500 g/mol. The number of aliphatic hydroxyl groups is 1. The molecule has 0 heterocycles. The Bertz CT molecular complexity index is 382. The van der Waals surface area contributed by atoms with Crippen LogP contribution in [-0.4, -0.2) is 40.4 Å². The number of hydrogen-bond acceptors (Lipinski definition) is 3. The van der Waals surface area contributed by atoms with Gasteiger partial charge in [-0.1, -0.05) is 63.7 Å². The van der Waals surface area contributed by atoms with Crippen LogP contribution >= 0.6 is 63.7 Å². The molecule has 0 saturated heterocycles. The molecular formula is C10H12Br4O3. The van der Waals surface area contributed by atoms with Crippen molar-refractivity contribution < 1.29 is 14.6 Å². The molecular weight excluding hydrogens is 488 g/mol. The number of methoxy groups -OCH3 is 2. The molecule has 0 aromatic rings. The van der Waals surface area contributed by atoms with E-state index in [0.29, 0.717) is 6.42 Å². The quantitative estimate of drug-likeness (QED) is 0.479. The number of fused-ring (bicyclic) bond motifs is 2. The van der Waals surface area contributed by atoms with E-state index in [1.54, 1.807) is 14.2 Å². The smallest absolute Gasteiger partial charge is 0.208 e. The lowest BCUT2D eigenvalue weighted by Crippen LogP contribution is -2.56. The van der Waals surface area contributed by atoms with E-state index < -0.39 is 14.4 Å². The standard InChI is InChI=1S/C10H12Br4O3/c1-16-10(17-2)8(13)3-5(4-15)9(10,14)7(12)6(8)11/h5,15H,3-4H2,1-2H3/t5-,8-,9+/m0/s1. The van der Waals surface area contributed by atoms with Crippen LogP contribution in [0.4, 0.5) is 0 Å². The molecule has 17 heavy (non-hydrogen) atoms. The van der Waals surface area contributed by atoms with E-state index in [2.05, 4.69) is 63.7 Å². The number of alkyl halides is 2. The highest BCUT2D eigenvalue weighted by Crippen LogP contribution is 2.73. The Balaban J connectivity index is 2.68. The van der Waals surface area contributed by atoms with Crippen LogP contribution in [0.2, 0.25) is 0 Å². The summed E-state index contributed by atoms with van der Waals surface area (Å²) in [5.41, 5.74) is 0. The molecule has 1 fully saturated rings. The Kier molecular flexibility index (Phi) is 3.98. The third kappa shape index (κ3) is 1.42. The summed E-state index contributed by atoms with van der Waals surface area (Å²) in [5, 5.41) is 9.57. The second-order valence-corrected chi connectivity index (χ2v) is 8.44. The first-order chi connectivity index (χ1) is 7.85. The second kappa shape index (κ2) is 4.53. The van der Waals surface area contributed by atoms with Gasteiger partial charge in [0.2, 0.25) is 5.79 Å². The summed E-state index contributed by atoms with van der Waals surface area (Å²) in [4.78, 5) is 0. The van der Waals surface area contributed by atoms with Crippen LogP contribution in [0, 0.1) is 5.92 Å². The van der Waals surface area contributed by atoms with E-state index in [4.69, 9.17) is 9.47 Å². The van der Waals surface area contributed by atoms with Gasteiger partial charge in [-0.3, -0.25) is 0 Å². The lowest BCUT2D eigenvalue weighted by Gasteiger charge is -2.42. The van der Waals surface area contributed by atoms with E-state index >= 15 is 0 Å². The van der Waals surface area contributed by atoms with Crippen molar-refractivity contribution in [2.75, 3.05) is 20.8 Å². The molecule has 0 amide bonds. The minimum atomic E-state index is -0.898. The van der Waals surface area contributed by atoms with Crippen LogP contribution in [0.3, 0.4) is 0 Å². The number of halogens is 4. The average Bonchev–Trinajstić information content (AvgIpc) is 2.60. The van der Waals surface area contributed by atoms with E-state index in [0.717, 1.165) is 8.96 Å². The number of ether oxygens (including phenoxy) is 2. The van der Waals surface area contributed by atoms with Crippen molar-refractivity contribution in [2.45, 2.75) is 20.9 Å². The second-order valence-electron chi connectivity index (χ2n) is 4.25. The molecule has 98 valence electrons. The van der Waals surface area contributed by atoms with Gasteiger partial charge in [-0.15, -0.1) is 0 Å². The fourth-order valence-corrected chi connectivity index (χ4v) is 7.81. The van der Waals surface area contributed by atoms with Crippen molar-refractivity contribution in [3.8, 4) is 0 Å². The first-order valence-electron chi connectivity index (χ1n) is 5.01.